The number of thiophene rings is 1. The summed E-state index contributed by atoms with van der Waals surface area (Å²) in [6.45, 7) is 2.77. The van der Waals surface area contributed by atoms with Crippen molar-refractivity contribution in [3.63, 3.8) is 0 Å². The zero-order valence-corrected chi connectivity index (χ0v) is 15.4. The van der Waals surface area contributed by atoms with E-state index in [1.54, 1.807) is 18.2 Å². The van der Waals surface area contributed by atoms with E-state index >= 15 is 0 Å². The summed E-state index contributed by atoms with van der Waals surface area (Å²) in [5.41, 5.74) is 2.42. The van der Waals surface area contributed by atoms with Crippen LogP contribution >= 0.6 is 11.3 Å². The summed E-state index contributed by atoms with van der Waals surface area (Å²) < 4.78 is 35.1. The van der Waals surface area contributed by atoms with Gasteiger partial charge in [0.05, 0.1) is 6.61 Å². The second-order valence-electron chi connectivity index (χ2n) is 6.71. The summed E-state index contributed by atoms with van der Waals surface area (Å²) in [5, 5.41) is 0.755. The fourth-order valence-corrected chi connectivity index (χ4v) is 3.79. The van der Waals surface area contributed by atoms with Crippen molar-refractivity contribution in [2.24, 2.45) is 5.92 Å². The molecule has 0 radical (unpaired) electrons. The minimum absolute atomic E-state index is 0.280. The largest absolute Gasteiger partial charge is 0.484 e. The van der Waals surface area contributed by atoms with Gasteiger partial charge in [0, 0.05) is 16.0 Å². The summed E-state index contributed by atoms with van der Waals surface area (Å²) in [6.07, 6.45) is 3.36. The molecule has 1 heterocycles. The lowest BCUT2D eigenvalue weighted by molar-refractivity contribution is 0.308. The van der Waals surface area contributed by atoms with Gasteiger partial charge in [-0.3, -0.25) is 0 Å². The van der Waals surface area contributed by atoms with E-state index in [0.29, 0.717) is 23.0 Å². The Bertz CT molecular complexity index is 910. The number of rotatable bonds is 6. The molecule has 1 aromatic heterocycles. The molecule has 2 aromatic carbocycles. The first-order valence-electron chi connectivity index (χ1n) is 8.96. The van der Waals surface area contributed by atoms with Gasteiger partial charge < -0.3 is 4.74 Å². The topological polar surface area (TPSA) is 9.23 Å². The van der Waals surface area contributed by atoms with Crippen LogP contribution in [0.2, 0.25) is 0 Å². The molecular formula is C22H20F2OS. The summed E-state index contributed by atoms with van der Waals surface area (Å²) in [7, 11) is 0. The van der Waals surface area contributed by atoms with Crippen LogP contribution in [0.25, 0.3) is 21.6 Å². The van der Waals surface area contributed by atoms with Gasteiger partial charge in [-0.25, -0.2) is 8.78 Å². The van der Waals surface area contributed by atoms with E-state index in [1.165, 1.54) is 29.7 Å². The SMILES string of the molecule is CCc1ccc(-c2ccc(-c3ccc(OCC4CC4)s3)c(F)c2F)cc1. The molecular weight excluding hydrogens is 350 g/mol. The number of hydrogen-bond acceptors (Lipinski definition) is 2. The maximum atomic E-state index is 14.7. The van der Waals surface area contributed by atoms with E-state index in [4.69, 9.17) is 4.74 Å². The Labute approximate surface area is 156 Å². The van der Waals surface area contributed by atoms with Crippen molar-refractivity contribution in [1.29, 1.82) is 0 Å². The van der Waals surface area contributed by atoms with Crippen molar-refractivity contribution in [2.45, 2.75) is 26.2 Å². The van der Waals surface area contributed by atoms with Crippen molar-refractivity contribution < 1.29 is 13.5 Å². The Morgan fingerprint density at radius 2 is 1.62 bits per heavy atom. The van der Waals surface area contributed by atoms with E-state index < -0.39 is 11.6 Å². The van der Waals surface area contributed by atoms with Crippen molar-refractivity contribution in [3.05, 3.63) is 65.7 Å². The van der Waals surface area contributed by atoms with Crippen LogP contribution in [-0.4, -0.2) is 6.61 Å². The van der Waals surface area contributed by atoms with Crippen LogP contribution in [0.5, 0.6) is 5.06 Å². The summed E-state index contributed by atoms with van der Waals surface area (Å²) >= 11 is 1.36. The minimum Gasteiger partial charge on any atom is -0.484 e. The molecule has 1 fully saturated rings. The molecule has 134 valence electrons. The average Bonchev–Trinajstić information content (AvgIpc) is 3.39. The highest BCUT2D eigenvalue weighted by atomic mass is 32.1. The van der Waals surface area contributed by atoms with Crippen LogP contribution in [0.3, 0.4) is 0 Å². The van der Waals surface area contributed by atoms with Gasteiger partial charge in [-0.1, -0.05) is 48.6 Å². The molecule has 0 atom stereocenters. The van der Waals surface area contributed by atoms with Crippen LogP contribution < -0.4 is 4.74 Å². The zero-order chi connectivity index (χ0) is 18.1. The third-order valence-electron chi connectivity index (χ3n) is 4.76. The van der Waals surface area contributed by atoms with Gasteiger partial charge in [-0.15, -0.1) is 0 Å². The number of ether oxygens (including phenoxy) is 1. The smallest absolute Gasteiger partial charge is 0.174 e. The third-order valence-corrected chi connectivity index (χ3v) is 5.79. The Morgan fingerprint density at radius 3 is 2.31 bits per heavy atom. The molecule has 0 unspecified atom stereocenters. The second kappa shape index (κ2) is 7.20. The number of halogens is 2. The van der Waals surface area contributed by atoms with Crippen LogP contribution in [-0.2, 0) is 6.42 Å². The predicted molar refractivity (Wildman–Crippen MR) is 103 cm³/mol. The molecule has 1 nitrogen and oxygen atoms in total. The molecule has 0 aliphatic heterocycles. The van der Waals surface area contributed by atoms with Gasteiger partial charge in [0.1, 0.15) is 0 Å². The van der Waals surface area contributed by atoms with Crippen molar-refractivity contribution in [3.8, 4) is 26.6 Å². The molecule has 1 aliphatic rings. The Hall–Kier alpha value is -2.20. The summed E-state index contributed by atoms with van der Waals surface area (Å²) in [6, 6.07) is 14.5. The molecule has 26 heavy (non-hydrogen) atoms. The number of benzene rings is 2. The predicted octanol–water partition coefficient (Wildman–Crippen LogP) is 6.71. The standard InChI is InChI=1S/C22H20F2OS/c1-2-14-5-7-16(8-6-14)17-9-10-18(22(24)21(17)23)19-11-12-20(26-19)25-13-15-3-4-15/h5-12,15H,2-4,13H2,1H3. The van der Waals surface area contributed by atoms with Crippen LogP contribution in [0.4, 0.5) is 8.78 Å². The number of hydrogen-bond donors (Lipinski definition) is 0. The fourth-order valence-electron chi connectivity index (χ4n) is 2.91. The van der Waals surface area contributed by atoms with Crippen molar-refractivity contribution >= 4 is 11.3 Å². The Kier molecular flexibility index (Phi) is 4.77. The molecule has 0 saturated heterocycles. The lowest BCUT2D eigenvalue weighted by Gasteiger charge is -2.08. The number of aryl methyl sites for hydroxylation is 1. The Balaban J connectivity index is 1.60. The average molecular weight is 370 g/mol. The Morgan fingerprint density at radius 1 is 0.923 bits per heavy atom. The molecule has 1 aliphatic carbocycles. The monoisotopic (exact) mass is 370 g/mol. The van der Waals surface area contributed by atoms with E-state index in [9.17, 15) is 8.78 Å². The lowest BCUT2D eigenvalue weighted by Crippen LogP contribution is -1.96. The molecule has 4 heteroatoms. The first-order valence-corrected chi connectivity index (χ1v) is 9.77. The molecule has 0 bridgehead atoms. The molecule has 3 aromatic rings. The van der Waals surface area contributed by atoms with E-state index in [-0.39, 0.29) is 11.1 Å². The quantitative estimate of drug-likeness (QED) is 0.468. The molecule has 4 rings (SSSR count). The van der Waals surface area contributed by atoms with Gasteiger partial charge in [-0.2, -0.15) is 0 Å². The highest BCUT2D eigenvalue weighted by molar-refractivity contribution is 7.17. The normalized spacial score (nSPS) is 13.8. The van der Waals surface area contributed by atoms with E-state index in [2.05, 4.69) is 6.92 Å². The molecule has 0 amide bonds. The van der Waals surface area contributed by atoms with Crippen molar-refractivity contribution in [1.82, 2.24) is 0 Å². The second-order valence-corrected chi connectivity index (χ2v) is 7.76. The highest BCUT2D eigenvalue weighted by Crippen LogP contribution is 2.38. The van der Waals surface area contributed by atoms with Gasteiger partial charge in [0.2, 0.25) is 0 Å². The van der Waals surface area contributed by atoms with Gasteiger partial charge in [0.15, 0.2) is 16.7 Å². The van der Waals surface area contributed by atoms with Gasteiger partial charge in [-0.05, 0) is 54.5 Å². The zero-order valence-electron chi connectivity index (χ0n) is 14.6. The van der Waals surface area contributed by atoms with E-state index in [1.807, 2.05) is 30.3 Å². The third kappa shape index (κ3) is 3.51. The minimum atomic E-state index is -0.808. The van der Waals surface area contributed by atoms with E-state index in [0.717, 1.165) is 11.5 Å². The summed E-state index contributed by atoms with van der Waals surface area (Å²) in [5.74, 6) is -0.952. The molecule has 0 spiro atoms. The fraction of sp³-hybridized carbons (Fsp3) is 0.273. The lowest BCUT2D eigenvalue weighted by atomic mass is 10.0. The van der Waals surface area contributed by atoms with Crippen LogP contribution in [0, 0.1) is 17.6 Å². The first-order chi connectivity index (χ1) is 12.7. The van der Waals surface area contributed by atoms with Crippen molar-refractivity contribution in [2.75, 3.05) is 6.61 Å². The molecule has 1 saturated carbocycles. The van der Waals surface area contributed by atoms with Crippen LogP contribution in [0.15, 0.2) is 48.5 Å². The summed E-state index contributed by atoms with van der Waals surface area (Å²) in [4.78, 5) is 0.681. The van der Waals surface area contributed by atoms with Gasteiger partial charge >= 0.3 is 0 Å². The maximum Gasteiger partial charge on any atom is 0.174 e. The van der Waals surface area contributed by atoms with Gasteiger partial charge in [0.25, 0.3) is 0 Å². The molecule has 0 N–H and O–H groups in total. The highest BCUT2D eigenvalue weighted by Gasteiger charge is 2.22. The van der Waals surface area contributed by atoms with Crippen LogP contribution in [0.1, 0.15) is 25.3 Å². The maximum absolute atomic E-state index is 14.7. The first kappa shape index (κ1) is 17.2.